The summed E-state index contributed by atoms with van der Waals surface area (Å²) in [6, 6.07) is 4.35. The van der Waals surface area contributed by atoms with Crippen LogP contribution in [0.15, 0.2) is 29.2 Å². The highest BCUT2D eigenvalue weighted by atomic mass is 32.2. The number of benzene rings is 1. The third-order valence-electron chi connectivity index (χ3n) is 4.99. The van der Waals surface area contributed by atoms with Gasteiger partial charge in [0.15, 0.2) is 9.84 Å². The molecule has 12 heteroatoms. The van der Waals surface area contributed by atoms with Crippen LogP contribution in [0.5, 0.6) is 0 Å². The molecule has 1 aromatic carbocycles. The van der Waals surface area contributed by atoms with Gasteiger partial charge in [0, 0.05) is 17.8 Å². The van der Waals surface area contributed by atoms with Crippen LogP contribution in [-0.4, -0.2) is 57.3 Å². The predicted octanol–water partition coefficient (Wildman–Crippen LogP) is 2.99. The molecule has 1 aromatic heterocycles. The van der Waals surface area contributed by atoms with E-state index in [0.717, 1.165) is 35.6 Å². The van der Waals surface area contributed by atoms with E-state index in [1.165, 1.54) is 12.0 Å². The Morgan fingerprint density at radius 1 is 1.21 bits per heavy atom. The van der Waals surface area contributed by atoms with Gasteiger partial charge in [0.2, 0.25) is 5.91 Å². The Bertz CT molecular complexity index is 1160. The van der Waals surface area contributed by atoms with Crippen LogP contribution in [0.2, 0.25) is 0 Å². The van der Waals surface area contributed by atoms with Gasteiger partial charge in [-0.3, -0.25) is 4.79 Å². The maximum Gasteiger partial charge on any atom is 0.409 e. The minimum atomic E-state index is -3.80. The van der Waals surface area contributed by atoms with Crippen LogP contribution >= 0.6 is 11.3 Å². The number of amides is 2. The van der Waals surface area contributed by atoms with Crippen molar-refractivity contribution in [3.05, 3.63) is 46.1 Å². The van der Waals surface area contributed by atoms with E-state index in [2.05, 4.69) is 5.32 Å². The van der Waals surface area contributed by atoms with Crippen molar-refractivity contribution in [2.24, 2.45) is 0 Å². The summed E-state index contributed by atoms with van der Waals surface area (Å²) in [4.78, 5) is 39.1. The summed E-state index contributed by atoms with van der Waals surface area (Å²) >= 11 is 1.13. The second-order valence-corrected chi connectivity index (χ2v) is 10.4. The van der Waals surface area contributed by atoms with Crippen molar-refractivity contribution < 1.29 is 36.7 Å². The molecule has 0 atom stereocenters. The van der Waals surface area contributed by atoms with Crippen molar-refractivity contribution in [3.63, 3.8) is 0 Å². The smallest absolute Gasteiger partial charge is 0.409 e. The summed E-state index contributed by atoms with van der Waals surface area (Å²) in [5.74, 6) is -2.25. The lowest BCUT2D eigenvalue weighted by molar-refractivity contribution is -0.115. The summed E-state index contributed by atoms with van der Waals surface area (Å²) in [5.41, 5.74) is 0.906. The van der Waals surface area contributed by atoms with E-state index in [1.54, 1.807) is 6.92 Å². The van der Waals surface area contributed by atoms with E-state index in [-0.39, 0.29) is 35.0 Å². The molecule has 0 fully saturated rings. The van der Waals surface area contributed by atoms with Gasteiger partial charge < -0.3 is 19.7 Å². The number of carbonyl (C=O) groups excluding carboxylic acids is 3. The molecule has 1 N–H and O–H groups in total. The number of rotatable bonds is 7. The number of nitrogens with one attached hydrogen (secondary N) is 1. The maximum absolute atomic E-state index is 13.1. The first-order valence-electron chi connectivity index (χ1n) is 10.1. The zero-order valence-electron chi connectivity index (χ0n) is 18.1. The van der Waals surface area contributed by atoms with Gasteiger partial charge in [-0.2, -0.15) is 0 Å². The fraction of sp³-hybridized carbons (Fsp3) is 0.381. The molecule has 0 saturated heterocycles. The molecule has 2 amide bonds. The molecular formula is C21H23FN2O7S2. The minimum absolute atomic E-state index is 0.0848. The van der Waals surface area contributed by atoms with Gasteiger partial charge in [-0.05, 0) is 43.2 Å². The van der Waals surface area contributed by atoms with Crippen LogP contribution in [0.3, 0.4) is 0 Å². The molecule has 33 heavy (non-hydrogen) atoms. The lowest BCUT2D eigenvalue weighted by Crippen LogP contribution is -2.35. The lowest BCUT2D eigenvalue weighted by atomic mass is 10.0. The molecule has 9 nitrogen and oxygen atoms in total. The SMILES string of the molecule is CCOC(=O)c1c(NC(=O)CCS(=O)(=O)c2ccc(F)cc2)sc2c1CCN(C(=O)OC)C2. The molecule has 2 heterocycles. The number of thiophene rings is 1. The Balaban J connectivity index is 1.77. The number of halogens is 1. The van der Waals surface area contributed by atoms with Crippen LogP contribution in [-0.2, 0) is 37.1 Å². The Kier molecular flexibility index (Phi) is 7.69. The summed E-state index contributed by atoms with van der Waals surface area (Å²) in [6.45, 7) is 2.36. The molecule has 0 saturated carbocycles. The van der Waals surface area contributed by atoms with Crippen LogP contribution in [0.4, 0.5) is 14.2 Å². The number of hydrogen-bond acceptors (Lipinski definition) is 8. The lowest BCUT2D eigenvalue weighted by Gasteiger charge is -2.25. The second-order valence-electron chi connectivity index (χ2n) is 7.14. The van der Waals surface area contributed by atoms with Gasteiger partial charge >= 0.3 is 12.1 Å². The van der Waals surface area contributed by atoms with Gasteiger partial charge in [0.05, 0.1) is 36.5 Å². The van der Waals surface area contributed by atoms with Crippen molar-refractivity contribution in [1.82, 2.24) is 4.90 Å². The molecule has 178 valence electrons. The van der Waals surface area contributed by atoms with Crippen molar-refractivity contribution in [2.75, 3.05) is 31.3 Å². The highest BCUT2D eigenvalue weighted by Gasteiger charge is 2.31. The third-order valence-corrected chi connectivity index (χ3v) is 7.86. The maximum atomic E-state index is 13.1. The van der Waals surface area contributed by atoms with Crippen LogP contribution in [0, 0.1) is 5.82 Å². The molecule has 0 radical (unpaired) electrons. The largest absolute Gasteiger partial charge is 0.462 e. The van der Waals surface area contributed by atoms with E-state index in [0.29, 0.717) is 23.4 Å². The summed E-state index contributed by atoms with van der Waals surface area (Å²) in [7, 11) is -2.52. The summed E-state index contributed by atoms with van der Waals surface area (Å²) in [5, 5.41) is 2.86. The Labute approximate surface area is 194 Å². The number of nitrogens with zero attached hydrogens (tertiary/aromatic N) is 1. The zero-order chi connectivity index (χ0) is 24.2. The number of fused-ring (bicyclic) bond motifs is 1. The van der Waals surface area contributed by atoms with Crippen LogP contribution in [0.1, 0.15) is 34.1 Å². The highest BCUT2D eigenvalue weighted by molar-refractivity contribution is 7.91. The molecule has 0 spiro atoms. The standard InChI is InChI=1S/C21H23FN2O7S2/c1-3-31-20(26)18-15-8-10-24(21(27)30-2)12-16(15)32-19(18)23-17(25)9-11-33(28,29)14-6-4-13(22)5-7-14/h4-7H,3,8-12H2,1-2H3,(H,23,25). The van der Waals surface area contributed by atoms with Crippen molar-refractivity contribution in [2.45, 2.75) is 31.2 Å². The van der Waals surface area contributed by atoms with E-state index in [1.807, 2.05) is 0 Å². The second kappa shape index (κ2) is 10.3. The number of carbonyl (C=O) groups is 3. The molecule has 0 unspecified atom stereocenters. The Morgan fingerprint density at radius 2 is 1.91 bits per heavy atom. The average molecular weight is 499 g/mol. The van der Waals surface area contributed by atoms with Crippen LogP contribution < -0.4 is 5.32 Å². The van der Waals surface area contributed by atoms with E-state index >= 15 is 0 Å². The normalized spacial score (nSPS) is 13.2. The number of methoxy groups -OCH3 is 1. The monoisotopic (exact) mass is 498 g/mol. The van der Waals surface area contributed by atoms with Gasteiger partial charge in [-0.15, -0.1) is 11.3 Å². The van der Waals surface area contributed by atoms with E-state index in [4.69, 9.17) is 9.47 Å². The first-order valence-corrected chi connectivity index (χ1v) is 12.6. The molecule has 3 rings (SSSR count). The topological polar surface area (TPSA) is 119 Å². The summed E-state index contributed by atoms with van der Waals surface area (Å²) < 4.78 is 47.8. The fourth-order valence-electron chi connectivity index (χ4n) is 3.37. The fourth-order valence-corrected chi connectivity index (χ4v) is 5.88. The summed E-state index contributed by atoms with van der Waals surface area (Å²) in [6.07, 6.45) is -0.480. The third kappa shape index (κ3) is 5.69. The van der Waals surface area contributed by atoms with Gasteiger partial charge in [-0.25, -0.2) is 22.4 Å². The molecule has 0 bridgehead atoms. The molecule has 1 aliphatic heterocycles. The highest BCUT2D eigenvalue weighted by Crippen LogP contribution is 2.38. The number of esters is 1. The predicted molar refractivity (Wildman–Crippen MR) is 118 cm³/mol. The van der Waals surface area contributed by atoms with Gasteiger partial charge in [-0.1, -0.05) is 0 Å². The Morgan fingerprint density at radius 3 is 2.55 bits per heavy atom. The first-order chi connectivity index (χ1) is 15.7. The number of hydrogen-bond donors (Lipinski definition) is 1. The Hall–Kier alpha value is -2.99. The van der Waals surface area contributed by atoms with Crippen molar-refractivity contribution >= 4 is 44.1 Å². The van der Waals surface area contributed by atoms with Crippen molar-refractivity contribution in [1.29, 1.82) is 0 Å². The van der Waals surface area contributed by atoms with Crippen LogP contribution in [0.25, 0.3) is 0 Å². The molecule has 1 aliphatic rings. The van der Waals surface area contributed by atoms with Gasteiger partial charge in [0.25, 0.3) is 0 Å². The number of anilines is 1. The molecule has 2 aromatic rings. The number of sulfone groups is 1. The molecular weight excluding hydrogens is 475 g/mol. The zero-order valence-corrected chi connectivity index (χ0v) is 19.7. The van der Waals surface area contributed by atoms with E-state index < -0.39 is 39.4 Å². The van der Waals surface area contributed by atoms with Gasteiger partial charge in [0.1, 0.15) is 10.8 Å². The first kappa shape index (κ1) is 24.6. The number of ether oxygens (including phenoxy) is 2. The van der Waals surface area contributed by atoms with Crippen molar-refractivity contribution in [3.8, 4) is 0 Å². The van der Waals surface area contributed by atoms with E-state index in [9.17, 15) is 27.2 Å². The quantitative estimate of drug-likeness (QED) is 0.460. The molecule has 0 aliphatic carbocycles. The minimum Gasteiger partial charge on any atom is -0.462 e. The average Bonchev–Trinajstić information content (AvgIpc) is 3.14.